The Hall–Kier alpha value is -2.16. The molecule has 0 N–H and O–H groups in total. The van der Waals surface area contributed by atoms with Crippen LogP contribution in [0.1, 0.15) is 11.3 Å². The van der Waals surface area contributed by atoms with Crippen molar-refractivity contribution in [1.29, 1.82) is 0 Å². The first-order valence-corrected chi connectivity index (χ1v) is 5.63. The lowest BCUT2D eigenvalue weighted by Gasteiger charge is -2.07. The van der Waals surface area contributed by atoms with Gasteiger partial charge in [0.1, 0.15) is 0 Å². The highest BCUT2D eigenvalue weighted by Gasteiger charge is 2.06. The van der Waals surface area contributed by atoms with Gasteiger partial charge in [0.15, 0.2) is 5.65 Å². The second kappa shape index (κ2) is 3.70. The molecule has 0 saturated heterocycles. The normalized spacial score (nSPS) is 10.9. The average molecular weight is 223 g/mol. The van der Waals surface area contributed by atoms with E-state index in [9.17, 15) is 0 Å². The summed E-state index contributed by atoms with van der Waals surface area (Å²) in [5, 5.41) is 4.23. The van der Waals surface area contributed by atoms with Crippen LogP contribution < -0.4 is 0 Å². The molecule has 17 heavy (non-hydrogen) atoms. The van der Waals surface area contributed by atoms with Gasteiger partial charge in [-0.3, -0.25) is 0 Å². The van der Waals surface area contributed by atoms with Crippen molar-refractivity contribution in [2.45, 2.75) is 13.8 Å². The highest BCUT2D eigenvalue weighted by atomic mass is 15.2. The molecule has 3 heteroatoms. The van der Waals surface area contributed by atoms with E-state index in [2.05, 4.69) is 35.2 Å². The van der Waals surface area contributed by atoms with Crippen molar-refractivity contribution in [2.24, 2.45) is 0 Å². The van der Waals surface area contributed by atoms with Gasteiger partial charge in [0.25, 0.3) is 0 Å². The number of rotatable bonds is 1. The Bertz CT molecular complexity index is 683. The van der Waals surface area contributed by atoms with Gasteiger partial charge in [0, 0.05) is 17.3 Å². The summed E-state index contributed by atoms with van der Waals surface area (Å²) in [7, 11) is 0. The van der Waals surface area contributed by atoms with E-state index >= 15 is 0 Å². The second-order valence-corrected chi connectivity index (χ2v) is 4.20. The second-order valence-electron chi connectivity index (χ2n) is 4.20. The summed E-state index contributed by atoms with van der Waals surface area (Å²) in [4.78, 5) is 4.63. The smallest absolute Gasteiger partial charge is 0.155 e. The molecular formula is C14H13N3. The minimum Gasteiger partial charge on any atom is -0.229 e. The quantitative estimate of drug-likeness (QED) is 0.634. The number of hydrogen-bond donors (Lipinski definition) is 0. The van der Waals surface area contributed by atoms with E-state index in [-0.39, 0.29) is 0 Å². The Morgan fingerprint density at radius 1 is 1.06 bits per heavy atom. The van der Waals surface area contributed by atoms with E-state index in [1.165, 1.54) is 11.1 Å². The van der Waals surface area contributed by atoms with Crippen molar-refractivity contribution in [3.05, 3.63) is 53.9 Å². The Labute approximate surface area is 99.7 Å². The monoisotopic (exact) mass is 223 g/mol. The van der Waals surface area contributed by atoms with E-state index in [1.54, 1.807) is 6.20 Å². The van der Waals surface area contributed by atoms with Gasteiger partial charge in [-0.05, 0) is 25.5 Å². The lowest BCUT2D eigenvalue weighted by atomic mass is 10.1. The van der Waals surface area contributed by atoms with E-state index in [1.807, 2.05) is 29.6 Å². The first-order chi connectivity index (χ1) is 8.25. The summed E-state index contributed by atoms with van der Waals surface area (Å²) in [5.41, 5.74) is 5.41. The van der Waals surface area contributed by atoms with Crippen molar-refractivity contribution in [2.75, 3.05) is 0 Å². The molecule has 0 unspecified atom stereocenters. The van der Waals surface area contributed by atoms with Crippen molar-refractivity contribution in [3.8, 4) is 11.3 Å². The fourth-order valence-corrected chi connectivity index (χ4v) is 2.07. The molecule has 1 aromatic carbocycles. The molecule has 0 spiro atoms. The molecule has 84 valence electrons. The van der Waals surface area contributed by atoms with Crippen molar-refractivity contribution in [1.82, 2.24) is 14.6 Å². The molecule has 0 radical (unpaired) electrons. The Balaban J connectivity index is 2.28. The van der Waals surface area contributed by atoms with Crippen LogP contribution in [-0.4, -0.2) is 14.6 Å². The molecule has 0 atom stereocenters. The van der Waals surface area contributed by atoms with Gasteiger partial charge in [-0.2, -0.15) is 5.10 Å². The SMILES string of the molecule is Cc1ccccc1-c1cc(C)n2nccc2n1. The molecule has 0 aliphatic rings. The third-order valence-electron chi connectivity index (χ3n) is 2.96. The first kappa shape index (κ1) is 10.0. The van der Waals surface area contributed by atoms with E-state index in [0.29, 0.717) is 0 Å². The maximum atomic E-state index is 4.63. The maximum absolute atomic E-state index is 4.63. The zero-order valence-corrected chi connectivity index (χ0v) is 9.88. The number of benzene rings is 1. The molecular weight excluding hydrogens is 210 g/mol. The summed E-state index contributed by atoms with van der Waals surface area (Å²) >= 11 is 0. The summed E-state index contributed by atoms with van der Waals surface area (Å²) in [5.74, 6) is 0. The highest BCUT2D eigenvalue weighted by Crippen LogP contribution is 2.22. The van der Waals surface area contributed by atoms with E-state index in [0.717, 1.165) is 17.0 Å². The van der Waals surface area contributed by atoms with Gasteiger partial charge >= 0.3 is 0 Å². The van der Waals surface area contributed by atoms with Crippen LogP contribution in [0.4, 0.5) is 0 Å². The van der Waals surface area contributed by atoms with Crippen LogP contribution in [0.5, 0.6) is 0 Å². The van der Waals surface area contributed by atoms with Crippen LogP contribution >= 0.6 is 0 Å². The fraction of sp³-hybridized carbons (Fsp3) is 0.143. The topological polar surface area (TPSA) is 30.2 Å². The third-order valence-corrected chi connectivity index (χ3v) is 2.96. The van der Waals surface area contributed by atoms with E-state index in [4.69, 9.17) is 0 Å². The summed E-state index contributed by atoms with van der Waals surface area (Å²) in [6.07, 6.45) is 1.77. The van der Waals surface area contributed by atoms with Gasteiger partial charge in [0.2, 0.25) is 0 Å². The number of nitrogens with zero attached hydrogens (tertiary/aromatic N) is 3. The summed E-state index contributed by atoms with van der Waals surface area (Å²) in [6, 6.07) is 12.3. The van der Waals surface area contributed by atoms with Gasteiger partial charge in [-0.25, -0.2) is 9.50 Å². The average Bonchev–Trinajstić information content (AvgIpc) is 2.78. The minimum atomic E-state index is 0.892. The third kappa shape index (κ3) is 1.60. The van der Waals surface area contributed by atoms with Crippen LogP contribution in [-0.2, 0) is 0 Å². The number of fused-ring (bicyclic) bond motifs is 1. The predicted molar refractivity (Wildman–Crippen MR) is 67.9 cm³/mol. The highest BCUT2D eigenvalue weighted by molar-refractivity contribution is 5.65. The van der Waals surface area contributed by atoms with Crippen LogP contribution in [0.25, 0.3) is 16.9 Å². The molecule has 3 aromatic rings. The zero-order chi connectivity index (χ0) is 11.8. The summed E-state index contributed by atoms with van der Waals surface area (Å²) < 4.78 is 1.85. The molecule has 2 heterocycles. The van der Waals surface area contributed by atoms with Crippen molar-refractivity contribution >= 4 is 5.65 Å². The predicted octanol–water partition coefficient (Wildman–Crippen LogP) is 3.01. The van der Waals surface area contributed by atoms with Crippen molar-refractivity contribution in [3.63, 3.8) is 0 Å². The number of hydrogen-bond acceptors (Lipinski definition) is 2. The van der Waals surface area contributed by atoms with Gasteiger partial charge in [0.05, 0.1) is 11.9 Å². The Morgan fingerprint density at radius 2 is 1.88 bits per heavy atom. The molecule has 2 aromatic heterocycles. The molecule has 0 bridgehead atoms. The maximum Gasteiger partial charge on any atom is 0.155 e. The van der Waals surface area contributed by atoms with Gasteiger partial charge < -0.3 is 0 Å². The largest absolute Gasteiger partial charge is 0.229 e. The molecule has 0 saturated carbocycles. The Morgan fingerprint density at radius 3 is 2.71 bits per heavy atom. The van der Waals surface area contributed by atoms with Gasteiger partial charge in [-0.15, -0.1) is 0 Å². The minimum absolute atomic E-state index is 0.892. The molecule has 0 aliphatic heterocycles. The molecule has 3 nitrogen and oxygen atoms in total. The van der Waals surface area contributed by atoms with Crippen LogP contribution in [0, 0.1) is 13.8 Å². The number of aryl methyl sites for hydroxylation is 2. The number of aromatic nitrogens is 3. The zero-order valence-electron chi connectivity index (χ0n) is 9.88. The molecule has 0 aliphatic carbocycles. The van der Waals surface area contributed by atoms with Crippen molar-refractivity contribution < 1.29 is 0 Å². The van der Waals surface area contributed by atoms with Crippen LogP contribution in [0.2, 0.25) is 0 Å². The van der Waals surface area contributed by atoms with E-state index < -0.39 is 0 Å². The lowest BCUT2D eigenvalue weighted by Crippen LogP contribution is -1.97. The fourth-order valence-electron chi connectivity index (χ4n) is 2.07. The first-order valence-electron chi connectivity index (χ1n) is 5.63. The molecule has 0 fully saturated rings. The van der Waals surface area contributed by atoms with Crippen LogP contribution in [0.15, 0.2) is 42.6 Å². The summed E-state index contributed by atoms with van der Waals surface area (Å²) in [6.45, 7) is 4.15. The molecule has 0 amide bonds. The van der Waals surface area contributed by atoms with Gasteiger partial charge in [-0.1, -0.05) is 24.3 Å². The standard InChI is InChI=1S/C14H13N3/c1-10-5-3-4-6-12(10)13-9-11(2)17-14(16-13)7-8-15-17/h3-9H,1-2H3. The van der Waals surface area contributed by atoms with Crippen LogP contribution in [0.3, 0.4) is 0 Å². The Kier molecular flexibility index (Phi) is 2.18. The lowest BCUT2D eigenvalue weighted by molar-refractivity contribution is 0.896. The molecule has 3 rings (SSSR count).